The number of aryl methyl sites for hydroxylation is 1. The number of aromatic nitrogens is 1. The average molecular weight is 401 g/mol. The molecular formula is C27H32N2O. The van der Waals surface area contributed by atoms with E-state index in [9.17, 15) is 0 Å². The summed E-state index contributed by atoms with van der Waals surface area (Å²) in [7, 11) is 2.17. The summed E-state index contributed by atoms with van der Waals surface area (Å²) in [5, 5.41) is 2.29. The molecule has 3 heteroatoms. The van der Waals surface area contributed by atoms with Gasteiger partial charge in [-0.3, -0.25) is 0 Å². The number of allylic oxidation sites excluding steroid dienone is 2. The van der Waals surface area contributed by atoms with E-state index < -0.39 is 0 Å². The van der Waals surface area contributed by atoms with E-state index in [-0.39, 0.29) is 5.54 Å². The second-order valence-electron chi connectivity index (χ2n) is 9.31. The minimum atomic E-state index is -0.248. The van der Waals surface area contributed by atoms with E-state index in [1.165, 1.54) is 59.9 Å². The average Bonchev–Trinajstić information content (AvgIpc) is 3.13. The minimum Gasteiger partial charge on any atom is -0.437 e. The molecule has 1 aliphatic heterocycles. The number of nitrogens with zero attached hydrogens (tertiary/aromatic N) is 2. The van der Waals surface area contributed by atoms with Gasteiger partial charge in [-0.1, -0.05) is 50.5 Å². The van der Waals surface area contributed by atoms with Crippen molar-refractivity contribution in [2.45, 2.75) is 70.8 Å². The van der Waals surface area contributed by atoms with Crippen LogP contribution in [0.5, 0.6) is 0 Å². The molecule has 0 bridgehead atoms. The van der Waals surface area contributed by atoms with Gasteiger partial charge < -0.3 is 9.32 Å². The Hall–Kier alpha value is -2.55. The first-order chi connectivity index (χ1) is 14.5. The number of rotatable bonds is 3. The number of fused-ring (bicyclic) bond motifs is 3. The molecule has 0 radical (unpaired) electrons. The number of likely N-dealkylation sites (N-methyl/N-ethyl adjacent to an activating group) is 1. The molecule has 3 heterocycles. The Morgan fingerprint density at radius 2 is 1.87 bits per heavy atom. The van der Waals surface area contributed by atoms with Gasteiger partial charge in [-0.15, -0.1) is 0 Å². The van der Waals surface area contributed by atoms with Gasteiger partial charge in [-0.2, -0.15) is 0 Å². The van der Waals surface area contributed by atoms with Crippen molar-refractivity contribution in [2.75, 3.05) is 7.05 Å². The Morgan fingerprint density at radius 1 is 1.10 bits per heavy atom. The summed E-state index contributed by atoms with van der Waals surface area (Å²) in [6, 6.07) is 8.89. The molecule has 1 saturated carbocycles. The number of pyridine rings is 1. The maximum Gasteiger partial charge on any atom is 0.227 e. The second-order valence-corrected chi connectivity index (χ2v) is 9.31. The van der Waals surface area contributed by atoms with Crippen LogP contribution in [-0.2, 0) is 5.54 Å². The first kappa shape index (κ1) is 19.4. The van der Waals surface area contributed by atoms with Crippen LogP contribution in [0.1, 0.15) is 75.1 Å². The van der Waals surface area contributed by atoms with Crippen LogP contribution in [0.2, 0.25) is 0 Å². The van der Waals surface area contributed by atoms with Gasteiger partial charge in [-0.25, -0.2) is 4.98 Å². The van der Waals surface area contributed by atoms with Crippen LogP contribution in [0.25, 0.3) is 22.1 Å². The normalized spacial score (nSPS) is 22.8. The maximum atomic E-state index is 6.52. The third-order valence-corrected chi connectivity index (χ3v) is 7.39. The van der Waals surface area contributed by atoms with Crippen LogP contribution in [0.15, 0.2) is 52.6 Å². The fraction of sp³-hybridized carbons (Fsp3) is 0.444. The van der Waals surface area contributed by atoms with E-state index >= 15 is 0 Å². The Labute approximate surface area is 179 Å². The molecule has 2 aromatic heterocycles. The number of furan rings is 1. The molecule has 0 N–H and O–H groups in total. The third-order valence-electron chi connectivity index (χ3n) is 7.39. The molecule has 1 atom stereocenters. The molecule has 0 spiro atoms. The molecule has 0 saturated heterocycles. The van der Waals surface area contributed by atoms with Gasteiger partial charge in [0.25, 0.3) is 0 Å². The zero-order valence-corrected chi connectivity index (χ0v) is 18.7. The van der Waals surface area contributed by atoms with Crippen molar-refractivity contribution < 1.29 is 4.42 Å². The molecule has 1 unspecified atom stereocenters. The summed E-state index contributed by atoms with van der Waals surface area (Å²) < 4.78 is 6.52. The molecule has 1 aromatic carbocycles. The lowest BCUT2D eigenvalue weighted by Gasteiger charge is -2.40. The van der Waals surface area contributed by atoms with Crippen LogP contribution >= 0.6 is 0 Å². The molecule has 0 amide bonds. The summed E-state index contributed by atoms with van der Waals surface area (Å²) in [5.74, 6) is 0.583. The van der Waals surface area contributed by atoms with E-state index in [0.717, 1.165) is 23.1 Å². The minimum absolute atomic E-state index is 0.248. The van der Waals surface area contributed by atoms with Gasteiger partial charge in [0.2, 0.25) is 5.71 Å². The Balaban J connectivity index is 1.66. The van der Waals surface area contributed by atoms with Crippen molar-refractivity contribution in [1.82, 2.24) is 9.88 Å². The monoisotopic (exact) mass is 400 g/mol. The highest BCUT2D eigenvalue weighted by Gasteiger charge is 2.34. The van der Waals surface area contributed by atoms with Crippen molar-refractivity contribution >= 4 is 22.1 Å². The molecule has 156 valence electrons. The lowest BCUT2D eigenvalue weighted by atomic mass is 9.83. The van der Waals surface area contributed by atoms with Gasteiger partial charge in [-0.05, 0) is 56.4 Å². The van der Waals surface area contributed by atoms with Crippen LogP contribution in [0.3, 0.4) is 0 Å². The van der Waals surface area contributed by atoms with Crippen LogP contribution in [-0.4, -0.2) is 16.9 Å². The molecule has 1 aliphatic carbocycles. The van der Waals surface area contributed by atoms with E-state index in [4.69, 9.17) is 9.40 Å². The van der Waals surface area contributed by atoms with Gasteiger partial charge in [0.05, 0.1) is 5.54 Å². The lowest BCUT2D eigenvalue weighted by molar-refractivity contribution is 0.258. The van der Waals surface area contributed by atoms with Gasteiger partial charge in [0.15, 0.2) is 0 Å². The van der Waals surface area contributed by atoms with E-state index in [1.807, 2.05) is 0 Å². The summed E-state index contributed by atoms with van der Waals surface area (Å²) in [4.78, 5) is 7.33. The smallest absolute Gasteiger partial charge is 0.227 e. The number of hydrogen-bond donors (Lipinski definition) is 0. The fourth-order valence-corrected chi connectivity index (χ4v) is 5.37. The van der Waals surface area contributed by atoms with Crippen molar-refractivity contribution in [2.24, 2.45) is 0 Å². The maximum absolute atomic E-state index is 6.52. The predicted molar refractivity (Wildman–Crippen MR) is 125 cm³/mol. The first-order valence-corrected chi connectivity index (χ1v) is 11.5. The lowest BCUT2D eigenvalue weighted by Crippen LogP contribution is -2.38. The molecule has 3 aromatic rings. The highest BCUT2D eigenvalue weighted by atomic mass is 16.3. The zero-order valence-electron chi connectivity index (χ0n) is 18.7. The van der Waals surface area contributed by atoms with Crippen molar-refractivity contribution in [1.29, 1.82) is 0 Å². The summed E-state index contributed by atoms with van der Waals surface area (Å²) in [6.45, 7) is 6.67. The first-order valence-electron chi connectivity index (χ1n) is 11.5. The molecule has 3 nitrogen and oxygen atoms in total. The summed E-state index contributed by atoms with van der Waals surface area (Å²) in [6.07, 6.45) is 14.4. The Bertz CT molecular complexity index is 1160. The highest BCUT2D eigenvalue weighted by Crippen LogP contribution is 2.42. The van der Waals surface area contributed by atoms with E-state index in [2.05, 4.69) is 75.3 Å². The molecule has 5 rings (SSSR count). The van der Waals surface area contributed by atoms with Gasteiger partial charge in [0, 0.05) is 41.2 Å². The van der Waals surface area contributed by atoms with Crippen LogP contribution in [0, 0.1) is 6.92 Å². The Kier molecular flexibility index (Phi) is 4.72. The van der Waals surface area contributed by atoms with Crippen molar-refractivity contribution in [3.63, 3.8) is 0 Å². The van der Waals surface area contributed by atoms with Crippen LogP contribution < -0.4 is 0 Å². The topological polar surface area (TPSA) is 29.3 Å². The van der Waals surface area contributed by atoms with Gasteiger partial charge in [0.1, 0.15) is 5.58 Å². The Morgan fingerprint density at radius 3 is 2.60 bits per heavy atom. The van der Waals surface area contributed by atoms with Gasteiger partial charge >= 0.3 is 0 Å². The van der Waals surface area contributed by atoms with Crippen molar-refractivity contribution in [3.05, 3.63) is 65.0 Å². The van der Waals surface area contributed by atoms with Crippen LogP contribution in [0.4, 0.5) is 0 Å². The highest BCUT2D eigenvalue weighted by molar-refractivity contribution is 6.05. The molecule has 1 fully saturated rings. The third kappa shape index (κ3) is 2.98. The van der Waals surface area contributed by atoms with E-state index in [0.29, 0.717) is 5.92 Å². The molecule has 2 aliphatic rings. The largest absolute Gasteiger partial charge is 0.437 e. The number of hydrogen-bond acceptors (Lipinski definition) is 3. The standard InChI is InChI=1S/C27H32N2O/c1-5-19-15-16-27(3,29(4)17-19)24-18(2)11-12-21-22-13-14-23(20-9-7-6-8-10-20)28-26(22)30-25(21)24/h11-17,20H,5-10H2,1-4H3. The molecule has 30 heavy (non-hydrogen) atoms. The number of benzene rings is 1. The fourth-order valence-electron chi connectivity index (χ4n) is 5.37. The quantitative estimate of drug-likeness (QED) is 0.460. The SMILES string of the molecule is CCC1=CN(C)C(C)(c2c(C)ccc3c2oc2nc(C4CCCCC4)ccc23)C=C1. The molecular weight excluding hydrogens is 368 g/mol. The zero-order chi connectivity index (χ0) is 20.9. The predicted octanol–water partition coefficient (Wildman–Crippen LogP) is 7.35. The summed E-state index contributed by atoms with van der Waals surface area (Å²) in [5.41, 5.74) is 6.56. The van der Waals surface area contributed by atoms with E-state index in [1.54, 1.807) is 0 Å². The second kappa shape index (κ2) is 7.30. The van der Waals surface area contributed by atoms with Crippen molar-refractivity contribution in [3.8, 4) is 0 Å². The summed E-state index contributed by atoms with van der Waals surface area (Å²) >= 11 is 0.